The van der Waals surface area contributed by atoms with Crippen LogP contribution in [0.3, 0.4) is 0 Å². The first-order valence-corrected chi connectivity index (χ1v) is 6.88. The topological polar surface area (TPSA) is 57.5 Å². The number of hydrogen-bond donors (Lipinski definition) is 2. The van der Waals surface area contributed by atoms with Crippen LogP contribution < -0.4 is 0 Å². The Morgan fingerprint density at radius 1 is 1.64 bits per heavy atom. The molecule has 0 heterocycles. The van der Waals surface area contributed by atoms with E-state index in [1.807, 2.05) is 6.92 Å². The summed E-state index contributed by atoms with van der Waals surface area (Å²) in [5, 5.41) is 0. The lowest BCUT2D eigenvalue weighted by Gasteiger charge is -2.26. The minimum Gasteiger partial charge on any atom is -0.324 e. The maximum absolute atomic E-state index is 10.8. The molecule has 1 aliphatic rings. The highest BCUT2D eigenvalue weighted by Crippen LogP contribution is 2.41. The van der Waals surface area contributed by atoms with Crippen LogP contribution in [0.15, 0.2) is 11.6 Å². The molecule has 1 rings (SSSR count). The standard InChI is InChI=1S/C10H19O3P/c1-8-3-5-10(6-4-8)9(2)7-14(11,12)13/h3,9-10H,4-7H2,1-2H3,(H2,11,12,13)/t9-,10?/m0/s1. The average Bonchev–Trinajstić information content (AvgIpc) is 2.02. The van der Waals surface area contributed by atoms with E-state index in [2.05, 4.69) is 13.0 Å². The quantitative estimate of drug-likeness (QED) is 0.565. The molecule has 0 spiro atoms. The third kappa shape index (κ3) is 3.95. The fourth-order valence-electron chi connectivity index (χ4n) is 2.03. The molecule has 0 aromatic carbocycles. The van der Waals surface area contributed by atoms with Gasteiger partial charge in [-0.15, -0.1) is 0 Å². The van der Waals surface area contributed by atoms with Crippen LogP contribution >= 0.6 is 7.60 Å². The van der Waals surface area contributed by atoms with Gasteiger partial charge < -0.3 is 9.79 Å². The van der Waals surface area contributed by atoms with Crippen LogP contribution in [0.25, 0.3) is 0 Å². The molecule has 0 saturated carbocycles. The van der Waals surface area contributed by atoms with E-state index in [-0.39, 0.29) is 12.1 Å². The molecular weight excluding hydrogens is 199 g/mol. The predicted octanol–water partition coefficient (Wildman–Crippen LogP) is 2.55. The van der Waals surface area contributed by atoms with E-state index in [0.717, 1.165) is 19.3 Å². The first-order valence-electron chi connectivity index (χ1n) is 5.08. The van der Waals surface area contributed by atoms with E-state index in [1.165, 1.54) is 5.57 Å². The molecule has 2 atom stereocenters. The molecule has 3 nitrogen and oxygen atoms in total. The Labute approximate surface area is 85.4 Å². The van der Waals surface area contributed by atoms with Crippen LogP contribution in [0.1, 0.15) is 33.1 Å². The number of hydrogen-bond acceptors (Lipinski definition) is 1. The Bertz CT molecular complexity index is 267. The fraction of sp³-hybridized carbons (Fsp3) is 0.800. The van der Waals surface area contributed by atoms with Gasteiger partial charge in [-0.25, -0.2) is 0 Å². The van der Waals surface area contributed by atoms with Gasteiger partial charge in [0.2, 0.25) is 0 Å². The summed E-state index contributed by atoms with van der Waals surface area (Å²) < 4.78 is 10.8. The Balaban J connectivity index is 2.47. The lowest BCUT2D eigenvalue weighted by Crippen LogP contribution is -2.17. The Hall–Kier alpha value is -0.110. The molecule has 4 heteroatoms. The van der Waals surface area contributed by atoms with Crippen LogP contribution in [0, 0.1) is 11.8 Å². The van der Waals surface area contributed by atoms with Gasteiger partial charge in [-0.05, 0) is 38.0 Å². The van der Waals surface area contributed by atoms with Gasteiger partial charge in [0.15, 0.2) is 0 Å². The summed E-state index contributed by atoms with van der Waals surface area (Å²) >= 11 is 0. The normalized spacial score (nSPS) is 25.7. The highest BCUT2D eigenvalue weighted by Gasteiger charge is 2.25. The van der Waals surface area contributed by atoms with Crippen molar-refractivity contribution in [2.45, 2.75) is 33.1 Å². The van der Waals surface area contributed by atoms with Crippen LogP contribution in [-0.4, -0.2) is 15.9 Å². The van der Waals surface area contributed by atoms with Gasteiger partial charge in [-0.2, -0.15) is 0 Å². The molecule has 14 heavy (non-hydrogen) atoms. The first kappa shape index (κ1) is 12.0. The molecule has 82 valence electrons. The van der Waals surface area contributed by atoms with E-state index in [0.29, 0.717) is 5.92 Å². The predicted molar refractivity (Wildman–Crippen MR) is 57.2 cm³/mol. The molecule has 1 aliphatic carbocycles. The van der Waals surface area contributed by atoms with Crippen LogP contribution in [0.4, 0.5) is 0 Å². The molecule has 0 amide bonds. The van der Waals surface area contributed by atoms with Crippen LogP contribution in [0.5, 0.6) is 0 Å². The van der Waals surface area contributed by atoms with Gasteiger partial charge in [-0.1, -0.05) is 18.6 Å². The minimum atomic E-state index is -3.82. The van der Waals surface area contributed by atoms with E-state index >= 15 is 0 Å². The van der Waals surface area contributed by atoms with Crippen molar-refractivity contribution in [1.29, 1.82) is 0 Å². The second-order valence-corrected chi connectivity index (χ2v) is 6.10. The zero-order valence-electron chi connectivity index (χ0n) is 8.81. The number of rotatable bonds is 3. The Morgan fingerprint density at radius 2 is 2.29 bits per heavy atom. The highest BCUT2D eigenvalue weighted by molar-refractivity contribution is 7.51. The molecule has 1 unspecified atom stereocenters. The zero-order chi connectivity index (χ0) is 10.8. The van der Waals surface area contributed by atoms with Crippen molar-refractivity contribution in [2.75, 3.05) is 6.16 Å². The van der Waals surface area contributed by atoms with Crippen LogP contribution in [0.2, 0.25) is 0 Å². The third-order valence-electron chi connectivity index (χ3n) is 3.01. The monoisotopic (exact) mass is 218 g/mol. The molecule has 0 fully saturated rings. The minimum absolute atomic E-state index is 0.0323. The summed E-state index contributed by atoms with van der Waals surface area (Å²) in [6, 6.07) is 0. The van der Waals surface area contributed by atoms with Crippen molar-refractivity contribution < 1.29 is 14.4 Å². The van der Waals surface area contributed by atoms with Gasteiger partial charge >= 0.3 is 7.60 Å². The molecular formula is C10H19O3P. The summed E-state index contributed by atoms with van der Waals surface area (Å²) in [4.78, 5) is 17.7. The zero-order valence-corrected chi connectivity index (χ0v) is 9.70. The van der Waals surface area contributed by atoms with Crippen molar-refractivity contribution in [3.8, 4) is 0 Å². The van der Waals surface area contributed by atoms with Crippen molar-refractivity contribution in [1.82, 2.24) is 0 Å². The van der Waals surface area contributed by atoms with E-state index < -0.39 is 7.60 Å². The molecule has 0 aromatic heterocycles. The van der Waals surface area contributed by atoms with E-state index in [4.69, 9.17) is 9.79 Å². The molecule has 0 bridgehead atoms. The van der Waals surface area contributed by atoms with Crippen molar-refractivity contribution in [2.24, 2.45) is 11.8 Å². The highest BCUT2D eigenvalue weighted by atomic mass is 31.2. The number of allylic oxidation sites excluding steroid dienone is 2. The third-order valence-corrected chi connectivity index (χ3v) is 4.06. The van der Waals surface area contributed by atoms with Gasteiger partial charge in [0.05, 0.1) is 6.16 Å². The first-order chi connectivity index (χ1) is 6.38. The van der Waals surface area contributed by atoms with Crippen molar-refractivity contribution >= 4 is 7.60 Å². The second kappa shape index (κ2) is 4.61. The molecule has 2 N–H and O–H groups in total. The average molecular weight is 218 g/mol. The van der Waals surface area contributed by atoms with Crippen LogP contribution in [-0.2, 0) is 4.57 Å². The van der Waals surface area contributed by atoms with Gasteiger partial charge in [0.1, 0.15) is 0 Å². The summed E-state index contributed by atoms with van der Waals surface area (Å²) in [7, 11) is -3.82. The molecule has 0 aromatic rings. The second-order valence-electron chi connectivity index (χ2n) is 4.41. The SMILES string of the molecule is CC1=CCC([C@@H](C)CP(=O)(O)O)CC1. The van der Waals surface area contributed by atoms with Gasteiger partial charge in [-0.3, -0.25) is 4.57 Å². The fourth-order valence-corrected chi connectivity index (χ4v) is 3.08. The summed E-state index contributed by atoms with van der Waals surface area (Å²) in [5.74, 6) is 0.575. The maximum Gasteiger partial charge on any atom is 0.325 e. The van der Waals surface area contributed by atoms with Crippen molar-refractivity contribution in [3.63, 3.8) is 0 Å². The Morgan fingerprint density at radius 3 is 2.71 bits per heavy atom. The van der Waals surface area contributed by atoms with E-state index in [9.17, 15) is 4.57 Å². The summed E-state index contributed by atoms with van der Waals surface area (Å²) in [5.41, 5.74) is 1.41. The maximum atomic E-state index is 10.8. The lowest BCUT2D eigenvalue weighted by atomic mass is 9.83. The molecule has 0 saturated heterocycles. The Kier molecular flexibility index (Phi) is 3.94. The molecule has 0 aliphatic heterocycles. The summed E-state index contributed by atoms with van der Waals surface area (Å²) in [6.07, 6.45) is 5.36. The summed E-state index contributed by atoms with van der Waals surface area (Å²) in [6.45, 7) is 4.06. The van der Waals surface area contributed by atoms with Gasteiger partial charge in [0.25, 0.3) is 0 Å². The van der Waals surface area contributed by atoms with E-state index in [1.54, 1.807) is 0 Å². The largest absolute Gasteiger partial charge is 0.325 e. The van der Waals surface area contributed by atoms with Gasteiger partial charge in [0, 0.05) is 0 Å². The molecule has 0 radical (unpaired) electrons. The lowest BCUT2D eigenvalue weighted by molar-refractivity contribution is 0.316. The smallest absolute Gasteiger partial charge is 0.324 e. The van der Waals surface area contributed by atoms with Crippen molar-refractivity contribution in [3.05, 3.63) is 11.6 Å².